The molecule has 4 saturated heterocycles. The molecule has 19 heteroatoms. The van der Waals surface area contributed by atoms with E-state index in [4.69, 9.17) is 9.47 Å². The van der Waals surface area contributed by atoms with E-state index in [1.54, 1.807) is 18.2 Å². The third kappa shape index (κ3) is 9.29. The summed E-state index contributed by atoms with van der Waals surface area (Å²) in [6.07, 6.45) is 7.76. The highest BCUT2D eigenvalue weighted by Crippen LogP contribution is 2.41. The lowest BCUT2D eigenvalue weighted by atomic mass is 9.87. The summed E-state index contributed by atoms with van der Waals surface area (Å²) < 4.78 is 72.7. The molecule has 3 N–H and O–H groups in total. The molecule has 4 aliphatic heterocycles. The first-order valence-corrected chi connectivity index (χ1v) is 23.8. The van der Waals surface area contributed by atoms with Crippen LogP contribution in [0, 0.1) is 23.0 Å². The minimum atomic E-state index is -3.82. The van der Waals surface area contributed by atoms with E-state index in [9.17, 15) is 32.9 Å². The van der Waals surface area contributed by atoms with Gasteiger partial charge < -0.3 is 19.7 Å². The summed E-state index contributed by atoms with van der Waals surface area (Å²) in [6, 6.07) is 12.5. The third-order valence-electron chi connectivity index (χ3n) is 13.8. The van der Waals surface area contributed by atoms with Crippen molar-refractivity contribution in [3.63, 3.8) is 0 Å². The first kappa shape index (κ1) is 44.2. The molecule has 1 spiro atoms. The molecule has 2 atom stereocenters. The van der Waals surface area contributed by atoms with Crippen LogP contribution in [0.25, 0.3) is 10.9 Å². The molecule has 1 aromatic heterocycles. The lowest BCUT2D eigenvalue weighted by Gasteiger charge is -2.40. The number of hydrogen-bond donors (Lipinski definition) is 3. The molecule has 1 aliphatic carbocycles. The van der Waals surface area contributed by atoms with Crippen molar-refractivity contribution >= 4 is 50.0 Å². The molecule has 1 saturated carbocycles. The van der Waals surface area contributed by atoms with Crippen LogP contribution in [0.1, 0.15) is 93.7 Å². The van der Waals surface area contributed by atoms with E-state index in [-0.39, 0.29) is 77.1 Å². The summed E-state index contributed by atoms with van der Waals surface area (Å²) >= 11 is 0. The van der Waals surface area contributed by atoms with Crippen molar-refractivity contribution in [3.05, 3.63) is 88.0 Å². The number of imide groups is 1. The van der Waals surface area contributed by atoms with E-state index in [1.807, 2.05) is 11.0 Å². The topological polar surface area (TPSA) is 205 Å². The maximum Gasteiger partial charge on any atom is 0.261 e. The first-order chi connectivity index (χ1) is 31.3. The van der Waals surface area contributed by atoms with Crippen molar-refractivity contribution in [1.82, 2.24) is 24.7 Å². The van der Waals surface area contributed by atoms with Crippen LogP contribution in [0.3, 0.4) is 0 Å². The lowest BCUT2D eigenvalue weighted by molar-refractivity contribution is -0.137. The molecule has 5 fully saturated rings. The molecule has 0 bridgehead atoms. The molecule has 342 valence electrons. The number of carbonyl (C=O) groups is 3. The van der Waals surface area contributed by atoms with Gasteiger partial charge in [-0.3, -0.25) is 38.7 Å². The molecule has 3 aromatic carbocycles. The van der Waals surface area contributed by atoms with E-state index in [1.165, 1.54) is 35.2 Å². The molecule has 16 nitrogen and oxygen atoms in total. The normalized spacial score (nSPS) is 22.0. The van der Waals surface area contributed by atoms with Crippen molar-refractivity contribution in [2.75, 3.05) is 49.4 Å². The van der Waals surface area contributed by atoms with Crippen LogP contribution in [0.5, 0.6) is 11.5 Å². The Balaban J connectivity index is 0.782. The number of sulfonamides is 1. The second-order valence-corrected chi connectivity index (χ2v) is 19.8. The lowest BCUT2D eigenvalue weighted by Crippen LogP contribution is -2.50. The molecule has 65 heavy (non-hydrogen) atoms. The zero-order chi connectivity index (χ0) is 45.5. The molecule has 5 heterocycles. The summed E-state index contributed by atoms with van der Waals surface area (Å²) in [5.74, 6) is -2.35. The van der Waals surface area contributed by atoms with Crippen molar-refractivity contribution in [2.24, 2.45) is 0 Å². The number of anilines is 2. The van der Waals surface area contributed by atoms with Crippen LogP contribution in [0.15, 0.2) is 59.7 Å². The van der Waals surface area contributed by atoms with Gasteiger partial charge in [-0.25, -0.2) is 22.2 Å². The average molecular weight is 913 g/mol. The number of fused-ring (bicyclic) bond motifs is 1. The zero-order valence-corrected chi connectivity index (χ0v) is 36.5. The molecular formula is C46H50F2N8O8S. The average Bonchev–Trinajstić information content (AvgIpc) is 3.99. The summed E-state index contributed by atoms with van der Waals surface area (Å²) in [6.45, 7) is 2.83. The molecular weight excluding hydrogens is 863 g/mol. The SMILES string of the molecule is N#Cc1c(NS(=O)(=O)C2CCCC2)ccc(F)c1Oc1ccc2ncn([C@H]3COC4(CCN(C(=O)CN5CCC(c6ccc(NC7CCC(=O)NC7=O)cc6F)CC5)CC4)C3)c(=O)c2c1. The fourth-order valence-electron chi connectivity index (χ4n) is 10.0. The Labute approximate surface area is 374 Å². The number of amides is 3. The molecule has 5 aliphatic rings. The van der Waals surface area contributed by atoms with Crippen molar-refractivity contribution < 1.29 is 41.1 Å². The van der Waals surface area contributed by atoms with Gasteiger partial charge >= 0.3 is 0 Å². The fraction of sp³-hybridized carbons (Fsp3) is 0.478. The number of nitrogens with zero attached hydrogens (tertiary/aromatic N) is 5. The predicted molar refractivity (Wildman–Crippen MR) is 235 cm³/mol. The van der Waals surface area contributed by atoms with Crippen LogP contribution < -0.4 is 25.7 Å². The van der Waals surface area contributed by atoms with Crippen molar-refractivity contribution in [1.29, 1.82) is 5.26 Å². The maximum atomic E-state index is 15.3. The second kappa shape index (κ2) is 18.1. The Morgan fingerprint density at radius 3 is 2.46 bits per heavy atom. The van der Waals surface area contributed by atoms with Crippen LogP contribution in [0.4, 0.5) is 20.2 Å². The summed E-state index contributed by atoms with van der Waals surface area (Å²) in [5, 5.41) is 14.9. The van der Waals surface area contributed by atoms with E-state index >= 15 is 8.78 Å². The zero-order valence-electron chi connectivity index (χ0n) is 35.7. The number of halogens is 2. The molecule has 9 rings (SSSR count). The number of piperidine rings is 3. The van der Waals surface area contributed by atoms with Crippen molar-refractivity contribution in [2.45, 2.75) is 99.5 Å². The highest BCUT2D eigenvalue weighted by atomic mass is 32.2. The minimum absolute atomic E-state index is 0.00259. The van der Waals surface area contributed by atoms with E-state index < -0.39 is 44.4 Å². The largest absolute Gasteiger partial charge is 0.453 e. The second-order valence-electron chi connectivity index (χ2n) is 17.9. The van der Waals surface area contributed by atoms with Gasteiger partial charge in [0, 0.05) is 25.2 Å². The Hall–Kier alpha value is -5.97. The van der Waals surface area contributed by atoms with Crippen LogP contribution >= 0.6 is 0 Å². The number of hydrogen-bond acceptors (Lipinski definition) is 12. The van der Waals surface area contributed by atoms with Crippen LogP contribution in [-0.4, -0.2) is 102 Å². The Morgan fingerprint density at radius 1 is 0.969 bits per heavy atom. The van der Waals surface area contributed by atoms with E-state index in [2.05, 4.69) is 25.2 Å². The smallest absolute Gasteiger partial charge is 0.261 e. The molecule has 3 amide bonds. The number of carbonyl (C=O) groups excluding carboxylic acids is 3. The first-order valence-electron chi connectivity index (χ1n) is 22.2. The summed E-state index contributed by atoms with van der Waals surface area (Å²) in [7, 11) is -3.82. The van der Waals surface area contributed by atoms with Gasteiger partial charge in [0.2, 0.25) is 27.7 Å². The van der Waals surface area contributed by atoms with Gasteiger partial charge in [-0.05, 0) is 118 Å². The minimum Gasteiger partial charge on any atom is -0.453 e. The number of ether oxygens (including phenoxy) is 2. The molecule has 0 radical (unpaired) electrons. The third-order valence-corrected chi connectivity index (χ3v) is 15.6. The summed E-state index contributed by atoms with van der Waals surface area (Å²) in [5.41, 5.74) is 0.171. The number of nitrogens with one attached hydrogen (secondary N) is 3. The number of rotatable bonds is 11. The van der Waals surface area contributed by atoms with Crippen LogP contribution in [0.2, 0.25) is 0 Å². The van der Waals surface area contributed by atoms with Gasteiger partial charge in [0.25, 0.3) is 5.56 Å². The van der Waals surface area contributed by atoms with Gasteiger partial charge in [-0.2, -0.15) is 5.26 Å². The van der Waals surface area contributed by atoms with Crippen molar-refractivity contribution in [3.8, 4) is 17.6 Å². The maximum absolute atomic E-state index is 15.3. The van der Waals surface area contributed by atoms with Gasteiger partial charge in [-0.1, -0.05) is 18.9 Å². The fourth-order valence-corrected chi connectivity index (χ4v) is 11.6. The summed E-state index contributed by atoms with van der Waals surface area (Å²) in [4.78, 5) is 59.5. The van der Waals surface area contributed by atoms with Gasteiger partial charge in [-0.15, -0.1) is 0 Å². The quantitative estimate of drug-likeness (QED) is 0.161. The Morgan fingerprint density at radius 2 is 1.74 bits per heavy atom. The highest BCUT2D eigenvalue weighted by molar-refractivity contribution is 7.93. The number of likely N-dealkylation sites (tertiary alicyclic amines) is 2. The molecule has 4 aromatic rings. The number of nitriles is 1. The molecule has 1 unspecified atom stereocenters. The number of aromatic nitrogens is 2. The standard InChI is InChI=1S/C46H50F2N8O8S/c47-36-8-10-39(53-65(61,62)32-3-1-2-4-32)35(24-49)43(36)64-31-6-9-38-34(22-31)45(60)56(27-50-38)30-23-46(63-26-30)15-19-55(20-16-46)42(58)25-54-17-13-28(14-18-54)33-7-5-29(21-37(33)48)51-40-11-12-41(57)52-44(40)59/h5-10,21-22,27-28,30,32,40,51,53H,1-4,11-20,23,25-26H2,(H,52,57,59)/t30-,40?/m1/s1. The predicted octanol–water partition coefficient (Wildman–Crippen LogP) is 5.44. The highest BCUT2D eigenvalue weighted by Gasteiger charge is 2.44. The number of benzene rings is 3. The van der Waals surface area contributed by atoms with Gasteiger partial charge in [0.05, 0.1) is 53.0 Å². The Kier molecular flexibility index (Phi) is 12.3. The monoisotopic (exact) mass is 912 g/mol. The Bertz CT molecular complexity index is 2740. The van der Waals surface area contributed by atoms with E-state index in [0.717, 1.165) is 18.9 Å². The van der Waals surface area contributed by atoms with Gasteiger partial charge in [0.15, 0.2) is 11.6 Å². The van der Waals surface area contributed by atoms with E-state index in [0.29, 0.717) is 94.3 Å². The van der Waals surface area contributed by atoms with Gasteiger partial charge in [0.1, 0.15) is 29.2 Å². The van der Waals surface area contributed by atoms with Crippen LogP contribution in [-0.2, 0) is 29.1 Å².